The summed E-state index contributed by atoms with van der Waals surface area (Å²) in [5.74, 6) is 0.0873. The van der Waals surface area contributed by atoms with Gasteiger partial charge in [0.05, 0.1) is 6.04 Å². The summed E-state index contributed by atoms with van der Waals surface area (Å²) in [6.45, 7) is 7.05. The van der Waals surface area contributed by atoms with Gasteiger partial charge in [-0.2, -0.15) is 0 Å². The van der Waals surface area contributed by atoms with Crippen molar-refractivity contribution in [2.45, 2.75) is 39.7 Å². The van der Waals surface area contributed by atoms with E-state index in [-0.39, 0.29) is 17.1 Å². The van der Waals surface area contributed by atoms with Crippen LogP contribution in [0.4, 0.5) is 0 Å². The van der Waals surface area contributed by atoms with E-state index in [1.54, 1.807) is 24.3 Å². The maximum absolute atomic E-state index is 11.8. The highest BCUT2D eigenvalue weighted by Gasteiger charge is 2.15. The van der Waals surface area contributed by atoms with E-state index in [2.05, 4.69) is 26.1 Å². The zero-order valence-corrected chi connectivity index (χ0v) is 11.9. The molecule has 0 aliphatic heterocycles. The van der Waals surface area contributed by atoms with E-state index in [1.165, 1.54) is 0 Å². The Kier molecular flexibility index (Phi) is 5.36. The number of aromatic hydroxyl groups is 1. The molecule has 0 saturated heterocycles. The van der Waals surface area contributed by atoms with Crippen molar-refractivity contribution in [1.82, 2.24) is 5.32 Å². The maximum atomic E-state index is 11.8. The van der Waals surface area contributed by atoms with E-state index >= 15 is 0 Å². The molecule has 1 atom stereocenters. The van der Waals surface area contributed by atoms with Gasteiger partial charge in [0.15, 0.2) is 0 Å². The smallest absolute Gasteiger partial charge is 0.237 e. The Hall–Kier alpha value is -1.55. The van der Waals surface area contributed by atoms with Gasteiger partial charge in [-0.25, -0.2) is 0 Å². The summed E-state index contributed by atoms with van der Waals surface area (Å²) in [4.78, 5) is 11.8. The number of rotatable bonds is 5. The lowest BCUT2D eigenvalue weighted by Gasteiger charge is -2.19. The van der Waals surface area contributed by atoms with Gasteiger partial charge >= 0.3 is 0 Å². The second-order valence-corrected chi connectivity index (χ2v) is 6.08. The van der Waals surface area contributed by atoms with Crippen LogP contribution in [0.5, 0.6) is 5.75 Å². The molecule has 0 heterocycles. The topological polar surface area (TPSA) is 75.4 Å². The van der Waals surface area contributed by atoms with Gasteiger partial charge in [-0.1, -0.05) is 32.9 Å². The SMILES string of the molecule is CC(C)(C)CCNC(=O)[C@H](N)Cc1ccc(O)cc1. The standard InChI is InChI=1S/C15H24N2O2/c1-15(2,3)8-9-17-14(19)13(16)10-11-4-6-12(18)7-5-11/h4-7,13,18H,8-10,16H2,1-3H3,(H,17,19)/t13-/m1/s1. The van der Waals surface area contributed by atoms with Gasteiger partial charge in [-0.3, -0.25) is 4.79 Å². The van der Waals surface area contributed by atoms with Crippen LogP contribution in [0.1, 0.15) is 32.8 Å². The van der Waals surface area contributed by atoms with Gasteiger partial charge in [-0.05, 0) is 36.0 Å². The number of benzene rings is 1. The first-order valence-corrected chi connectivity index (χ1v) is 6.59. The van der Waals surface area contributed by atoms with Crippen molar-refractivity contribution in [1.29, 1.82) is 0 Å². The summed E-state index contributed by atoms with van der Waals surface area (Å²) in [5, 5.41) is 12.0. The molecule has 4 nitrogen and oxygen atoms in total. The molecule has 0 fully saturated rings. The van der Waals surface area contributed by atoms with E-state index in [0.29, 0.717) is 13.0 Å². The Labute approximate surface area is 115 Å². The van der Waals surface area contributed by atoms with Crippen LogP contribution in [0, 0.1) is 5.41 Å². The lowest BCUT2D eigenvalue weighted by molar-refractivity contribution is -0.122. The largest absolute Gasteiger partial charge is 0.508 e. The lowest BCUT2D eigenvalue weighted by Crippen LogP contribution is -2.42. The molecule has 4 N–H and O–H groups in total. The number of hydrogen-bond acceptors (Lipinski definition) is 3. The molecular weight excluding hydrogens is 240 g/mol. The summed E-state index contributed by atoms with van der Waals surface area (Å²) in [5.41, 5.74) is 7.01. The van der Waals surface area contributed by atoms with Crippen LogP contribution < -0.4 is 11.1 Å². The molecule has 0 radical (unpaired) electrons. The van der Waals surface area contributed by atoms with Crippen LogP contribution in [-0.4, -0.2) is 23.6 Å². The van der Waals surface area contributed by atoms with Crippen LogP contribution in [0.25, 0.3) is 0 Å². The number of amides is 1. The van der Waals surface area contributed by atoms with E-state index in [4.69, 9.17) is 5.73 Å². The van der Waals surface area contributed by atoms with Crippen molar-refractivity contribution in [2.75, 3.05) is 6.54 Å². The van der Waals surface area contributed by atoms with Crippen molar-refractivity contribution in [3.63, 3.8) is 0 Å². The Balaban J connectivity index is 2.38. The van der Waals surface area contributed by atoms with Crippen molar-refractivity contribution in [3.05, 3.63) is 29.8 Å². The van der Waals surface area contributed by atoms with Crippen LogP contribution in [0.2, 0.25) is 0 Å². The highest BCUT2D eigenvalue weighted by Crippen LogP contribution is 2.17. The minimum Gasteiger partial charge on any atom is -0.508 e. The number of carbonyl (C=O) groups is 1. The molecule has 0 aliphatic carbocycles. The minimum absolute atomic E-state index is 0.127. The molecule has 0 bridgehead atoms. The number of carbonyl (C=O) groups excluding carboxylic acids is 1. The number of phenols is 1. The Morgan fingerprint density at radius 2 is 1.89 bits per heavy atom. The first kappa shape index (κ1) is 15.5. The van der Waals surface area contributed by atoms with Gasteiger partial charge in [0.2, 0.25) is 5.91 Å². The molecule has 1 rings (SSSR count). The fourth-order valence-corrected chi connectivity index (χ4v) is 1.67. The fraction of sp³-hybridized carbons (Fsp3) is 0.533. The monoisotopic (exact) mass is 264 g/mol. The fourth-order valence-electron chi connectivity index (χ4n) is 1.67. The Bertz CT molecular complexity index is 407. The van der Waals surface area contributed by atoms with Gasteiger partial charge in [0, 0.05) is 6.54 Å². The van der Waals surface area contributed by atoms with Crippen molar-refractivity contribution >= 4 is 5.91 Å². The molecular formula is C15H24N2O2. The number of phenolic OH excluding ortho intramolecular Hbond substituents is 1. The number of hydrogen-bond donors (Lipinski definition) is 3. The normalized spacial score (nSPS) is 13.1. The predicted octanol–water partition coefficient (Wildman–Crippen LogP) is 1.81. The van der Waals surface area contributed by atoms with Crippen LogP contribution in [-0.2, 0) is 11.2 Å². The average molecular weight is 264 g/mol. The summed E-state index contributed by atoms with van der Waals surface area (Å²) in [6, 6.07) is 6.19. The van der Waals surface area contributed by atoms with Gasteiger partial charge in [0.1, 0.15) is 5.75 Å². The molecule has 0 saturated carbocycles. The van der Waals surface area contributed by atoms with Gasteiger partial charge in [-0.15, -0.1) is 0 Å². The average Bonchev–Trinajstić information content (AvgIpc) is 2.30. The second kappa shape index (κ2) is 6.57. The van der Waals surface area contributed by atoms with E-state index < -0.39 is 6.04 Å². The molecule has 1 aromatic rings. The third kappa shape index (κ3) is 6.25. The molecule has 106 valence electrons. The van der Waals surface area contributed by atoms with Crippen LogP contribution >= 0.6 is 0 Å². The highest BCUT2D eigenvalue weighted by atomic mass is 16.3. The predicted molar refractivity (Wildman–Crippen MR) is 76.9 cm³/mol. The van der Waals surface area contributed by atoms with Crippen molar-refractivity contribution in [2.24, 2.45) is 11.1 Å². The quantitative estimate of drug-likeness (QED) is 0.759. The second-order valence-electron chi connectivity index (χ2n) is 6.08. The summed E-state index contributed by atoms with van der Waals surface area (Å²) < 4.78 is 0. The molecule has 1 amide bonds. The van der Waals surface area contributed by atoms with Gasteiger partial charge in [0.25, 0.3) is 0 Å². The molecule has 0 unspecified atom stereocenters. The Morgan fingerprint density at radius 1 is 1.32 bits per heavy atom. The molecule has 0 aromatic heterocycles. The third-order valence-electron chi connectivity index (χ3n) is 2.90. The first-order chi connectivity index (χ1) is 8.78. The zero-order valence-electron chi connectivity index (χ0n) is 11.9. The highest BCUT2D eigenvalue weighted by molar-refractivity contribution is 5.81. The summed E-state index contributed by atoms with van der Waals surface area (Å²) in [6.07, 6.45) is 1.40. The third-order valence-corrected chi connectivity index (χ3v) is 2.90. The number of nitrogens with two attached hydrogens (primary N) is 1. The van der Waals surface area contributed by atoms with Crippen molar-refractivity contribution in [3.8, 4) is 5.75 Å². The molecule has 1 aromatic carbocycles. The minimum atomic E-state index is -0.551. The van der Waals surface area contributed by atoms with Crippen LogP contribution in [0.3, 0.4) is 0 Å². The molecule has 0 aliphatic rings. The summed E-state index contributed by atoms with van der Waals surface area (Å²) >= 11 is 0. The van der Waals surface area contributed by atoms with E-state index in [0.717, 1.165) is 12.0 Å². The summed E-state index contributed by atoms with van der Waals surface area (Å²) in [7, 11) is 0. The Morgan fingerprint density at radius 3 is 2.42 bits per heavy atom. The van der Waals surface area contributed by atoms with E-state index in [1.807, 2.05) is 0 Å². The maximum Gasteiger partial charge on any atom is 0.237 e. The lowest BCUT2D eigenvalue weighted by atomic mass is 9.92. The molecule has 4 heteroatoms. The zero-order chi connectivity index (χ0) is 14.5. The van der Waals surface area contributed by atoms with E-state index in [9.17, 15) is 9.90 Å². The van der Waals surface area contributed by atoms with Gasteiger partial charge < -0.3 is 16.2 Å². The first-order valence-electron chi connectivity index (χ1n) is 6.59. The molecule has 19 heavy (non-hydrogen) atoms. The number of nitrogens with one attached hydrogen (secondary N) is 1. The van der Waals surface area contributed by atoms with Crippen molar-refractivity contribution < 1.29 is 9.90 Å². The molecule has 0 spiro atoms. The van der Waals surface area contributed by atoms with Crippen LogP contribution in [0.15, 0.2) is 24.3 Å².